The Balaban J connectivity index is 1.67. The summed E-state index contributed by atoms with van der Waals surface area (Å²) in [7, 11) is 0. The second kappa shape index (κ2) is 7.75. The van der Waals surface area contributed by atoms with Crippen molar-refractivity contribution in [3.63, 3.8) is 0 Å². The number of imidazole rings is 1. The number of aryl methyl sites for hydroxylation is 1. The number of aromatic amines is 1. The second-order valence-electron chi connectivity index (χ2n) is 6.36. The maximum absolute atomic E-state index is 9.58. The van der Waals surface area contributed by atoms with Crippen LogP contribution in [0.4, 0.5) is 5.69 Å². The minimum absolute atomic E-state index is 0.190. The molecule has 0 spiro atoms. The summed E-state index contributed by atoms with van der Waals surface area (Å²) in [6.45, 7) is 2.03. The molecule has 1 aromatic heterocycles. The number of hydrogen-bond donors (Lipinski definition) is 3. The molecule has 1 heterocycles. The van der Waals surface area contributed by atoms with Crippen LogP contribution in [0.15, 0.2) is 82.9 Å². The number of benzene rings is 3. The molecule has 0 bridgehead atoms. The molecule has 0 aliphatic heterocycles. The fourth-order valence-corrected chi connectivity index (χ4v) is 2.72. The molecule has 6 heteroatoms. The Kier molecular flexibility index (Phi) is 4.84. The van der Waals surface area contributed by atoms with Crippen LogP contribution >= 0.6 is 0 Å². The number of phenols is 1. The van der Waals surface area contributed by atoms with Gasteiger partial charge in [-0.05, 0) is 48.9 Å². The predicted molar refractivity (Wildman–Crippen MR) is 112 cm³/mol. The number of H-pyrrole nitrogens is 1. The monoisotopic (exact) mass is 369 g/mol. The van der Waals surface area contributed by atoms with Gasteiger partial charge in [0.15, 0.2) is 11.7 Å². The van der Waals surface area contributed by atoms with Gasteiger partial charge in [0.25, 0.3) is 0 Å². The molecule has 138 valence electrons. The zero-order valence-corrected chi connectivity index (χ0v) is 15.3. The second-order valence-corrected chi connectivity index (χ2v) is 6.36. The molecule has 0 amide bonds. The van der Waals surface area contributed by atoms with Crippen LogP contribution in [0.5, 0.6) is 5.75 Å². The minimum atomic E-state index is 0.190. The van der Waals surface area contributed by atoms with Crippen molar-refractivity contribution in [1.82, 2.24) is 15.4 Å². The number of nitrogens with one attached hydrogen (secondary N) is 2. The van der Waals surface area contributed by atoms with Gasteiger partial charge in [-0.2, -0.15) is 5.10 Å². The molecular formula is C22H19N5O. The molecule has 0 atom stereocenters. The SMILES string of the molecule is Cc1ccc(N=C(NN=Cc2cccc(O)c2)c2nc3ccccc3[nH]2)cc1. The molecular weight excluding hydrogens is 350 g/mol. The molecule has 3 N–H and O–H groups in total. The van der Waals surface area contributed by atoms with Gasteiger partial charge in [-0.3, -0.25) is 5.43 Å². The summed E-state index contributed by atoms with van der Waals surface area (Å²) in [6, 6.07) is 22.5. The number of hydrogen-bond acceptors (Lipinski definition) is 4. The fraction of sp³-hybridized carbons (Fsp3) is 0.0455. The summed E-state index contributed by atoms with van der Waals surface area (Å²) in [4.78, 5) is 12.5. The zero-order chi connectivity index (χ0) is 19.3. The molecule has 0 saturated carbocycles. The van der Waals surface area contributed by atoms with Crippen LogP contribution in [-0.4, -0.2) is 27.1 Å². The van der Waals surface area contributed by atoms with E-state index in [2.05, 4.69) is 25.5 Å². The molecule has 4 aromatic rings. The summed E-state index contributed by atoms with van der Waals surface area (Å²) in [5, 5.41) is 13.8. The fourth-order valence-electron chi connectivity index (χ4n) is 2.72. The number of nitrogens with zero attached hydrogens (tertiary/aromatic N) is 3. The van der Waals surface area contributed by atoms with Crippen LogP contribution < -0.4 is 5.43 Å². The number of phenolic OH excluding ortho intramolecular Hbond substituents is 1. The van der Waals surface area contributed by atoms with E-state index in [-0.39, 0.29) is 5.75 Å². The van der Waals surface area contributed by atoms with E-state index in [0.717, 1.165) is 22.3 Å². The third kappa shape index (κ3) is 4.07. The summed E-state index contributed by atoms with van der Waals surface area (Å²) in [5.41, 5.74) is 7.48. The first-order valence-corrected chi connectivity index (χ1v) is 8.86. The molecule has 0 saturated heterocycles. The van der Waals surface area contributed by atoms with Gasteiger partial charge < -0.3 is 10.1 Å². The Bertz CT molecular complexity index is 1130. The van der Waals surface area contributed by atoms with Gasteiger partial charge >= 0.3 is 0 Å². The average molecular weight is 369 g/mol. The van der Waals surface area contributed by atoms with Crippen molar-refractivity contribution < 1.29 is 5.11 Å². The number of aliphatic imine (C=N–C) groups is 1. The van der Waals surface area contributed by atoms with Gasteiger partial charge in [0.2, 0.25) is 0 Å². The Morgan fingerprint density at radius 2 is 1.86 bits per heavy atom. The Labute approximate surface area is 162 Å². The van der Waals surface area contributed by atoms with Crippen molar-refractivity contribution in [3.05, 3.63) is 89.7 Å². The minimum Gasteiger partial charge on any atom is -0.508 e. The number of aromatic hydroxyl groups is 1. The Hall–Kier alpha value is -3.93. The topological polar surface area (TPSA) is 85.7 Å². The van der Waals surface area contributed by atoms with Gasteiger partial charge in [-0.25, -0.2) is 9.98 Å². The maximum Gasteiger partial charge on any atom is 0.190 e. The summed E-state index contributed by atoms with van der Waals surface area (Å²) in [6.07, 6.45) is 1.62. The van der Waals surface area contributed by atoms with E-state index in [1.165, 1.54) is 5.56 Å². The third-order valence-electron chi connectivity index (χ3n) is 4.14. The molecule has 0 radical (unpaired) electrons. The van der Waals surface area contributed by atoms with Crippen molar-refractivity contribution in [2.24, 2.45) is 10.1 Å². The average Bonchev–Trinajstić information content (AvgIpc) is 3.13. The van der Waals surface area contributed by atoms with E-state index in [1.54, 1.807) is 24.4 Å². The van der Waals surface area contributed by atoms with Crippen molar-refractivity contribution in [1.29, 1.82) is 0 Å². The van der Waals surface area contributed by atoms with Crippen LogP contribution in [-0.2, 0) is 0 Å². The molecule has 6 nitrogen and oxygen atoms in total. The largest absolute Gasteiger partial charge is 0.508 e. The summed E-state index contributed by atoms with van der Waals surface area (Å²) >= 11 is 0. The Morgan fingerprint density at radius 3 is 2.64 bits per heavy atom. The molecule has 0 aliphatic carbocycles. The van der Waals surface area contributed by atoms with Gasteiger partial charge in [0.05, 0.1) is 22.9 Å². The van der Waals surface area contributed by atoms with Crippen LogP contribution in [0.3, 0.4) is 0 Å². The number of fused-ring (bicyclic) bond motifs is 1. The van der Waals surface area contributed by atoms with E-state index in [1.807, 2.05) is 61.5 Å². The smallest absolute Gasteiger partial charge is 0.190 e. The molecule has 0 fully saturated rings. The molecule has 28 heavy (non-hydrogen) atoms. The molecule has 3 aromatic carbocycles. The highest BCUT2D eigenvalue weighted by atomic mass is 16.3. The highest BCUT2D eigenvalue weighted by Gasteiger charge is 2.09. The van der Waals surface area contributed by atoms with Crippen molar-refractivity contribution in [2.45, 2.75) is 6.92 Å². The highest BCUT2D eigenvalue weighted by Crippen LogP contribution is 2.16. The summed E-state index contributed by atoms with van der Waals surface area (Å²) < 4.78 is 0. The first-order chi connectivity index (χ1) is 13.7. The van der Waals surface area contributed by atoms with Gasteiger partial charge in [0.1, 0.15) is 5.75 Å². The number of rotatable bonds is 4. The standard InChI is InChI=1S/C22H19N5O/c1-15-9-11-17(12-10-15)24-22(21-25-19-7-2-3-8-20(19)26-21)27-23-14-16-5-4-6-18(28)13-16/h2-14,28H,1H3,(H,24,27)(H,25,26). The van der Waals surface area contributed by atoms with Crippen LogP contribution in [0, 0.1) is 6.92 Å². The summed E-state index contributed by atoms with van der Waals surface area (Å²) in [5.74, 6) is 1.28. The van der Waals surface area contributed by atoms with E-state index >= 15 is 0 Å². The lowest BCUT2D eigenvalue weighted by molar-refractivity contribution is 0.475. The van der Waals surface area contributed by atoms with Crippen LogP contribution in [0.2, 0.25) is 0 Å². The molecule has 4 rings (SSSR count). The normalized spacial score (nSPS) is 12.0. The predicted octanol–water partition coefficient (Wildman–Crippen LogP) is 4.28. The van der Waals surface area contributed by atoms with E-state index in [9.17, 15) is 5.11 Å². The van der Waals surface area contributed by atoms with E-state index < -0.39 is 0 Å². The lowest BCUT2D eigenvalue weighted by atomic mass is 10.2. The van der Waals surface area contributed by atoms with Gasteiger partial charge in [-0.15, -0.1) is 0 Å². The van der Waals surface area contributed by atoms with E-state index in [0.29, 0.717) is 11.7 Å². The molecule has 0 aliphatic rings. The number of aromatic nitrogens is 2. The first kappa shape index (κ1) is 17.5. The van der Waals surface area contributed by atoms with Crippen molar-refractivity contribution in [2.75, 3.05) is 0 Å². The number of amidine groups is 1. The highest BCUT2D eigenvalue weighted by molar-refractivity contribution is 6.00. The number of para-hydroxylation sites is 2. The lowest BCUT2D eigenvalue weighted by Gasteiger charge is -2.04. The van der Waals surface area contributed by atoms with Crippen molar-refractivity contribution >= 4 is 28.8 Å². The Morgan fingerprint density at radius 1 is 1.04 bits per heavy atom. The first-order valence-electron chi connectivity index (χ1n) is 8.86. The van der Waals surface area contributed by atoms with Crippen LogP contribution in [0.1, 0.15) is 17.0 Å². The van der Waals surface area contributed by atoms with Crippen molar-refractivity contribution in [3.8, 4) is 5.75 Å². The molecule has 0 unspecified atom stereocenters. The number of hydrazone groups is 1. The maximum atomic E-state index is 9.58. The zero-order valence-electron chi connectivity index (χ0n) is 15.3. The quantitative estimate of drug-likeness (QED) is 0.285. The van der Waals surface area contributed by atoms with E-state index in [4.69, 9.17) is 0 Å². The lowest BCUT2D eigenvalue weighted by Crippen LogP contribution is -2.20. The van der Waals surface area contributed by atoms with Crippen LogP contribution in [0.25, 0.3) is 11.0 Å². The third-order valence-corrected chi connectivity index (χ3v) is 4.14. The van der Waals surface area contributed by atoms with Gasteiger partial charge in [-0.1, -0.05) is 42.0 Å². The van der Waals surface area contributed by atoms with Gasteiger partial charge in [0, 0.05) is 0 Å².